The quantitative estimate of drug-likeness (QED) is 0.658. The van der Waals surface area contributed by atoms with Gasteiger partial charge in [-0.2, -0.15) is 0 Å². The first-order valence-corrected chi connectivity index (χ1v) is 10.3. The number of fused-ring (bicyclic) bond motifs is 1. The van der Waals surface area contributed by atoms with Gasteiger partial charge in [-0.15, -0.1) is 0 Å². The second-order valence-corrected chi connectivity index (χ2v) is 9.18. The predicted molar refractivity (Wildman–Crippen MR) is 118 cm³/mol. The Balaban J connectivity index is 1.74. The summed E-state index contributed by atoms with van der Waals surface area (Å²) >= 11 is 0. The van der Waals surface area contributed by atoms with Gasteiger partial charge >= 0.3 is 0 Å². The first-order chi connectivity index (χ1) is 14.3. The summed E-state index contributed by atoms with van der Waals surface area (Å²) < 4.78 is 1.56. The molecular formula is C25H25N3O2. The number of carbonyl (C=O) groups excluding carboxylic acids is 1. The molecule has 1 aliphatic heterocycles. The van der Waals surface area contributed by atoms with Gasteiger partial charge < -0.3 is 5.32 Å². The van der Waals surface area contributed by atoms with E-state index in [1.54, 1.807) is 4.68 Å². The monoisotopic (exact) mass is 399 g/mol. The van der Waals surface area contributed by atoms with Crippen molar-refractivity contribution in [3.05, 3.63) is 92.9 Å². The molecule has 5 rings (SSSR count). The molecule has 5 nitrogen and oxygen atoms in total. The number of ketones is 1. The van der Waals surface area contributed by atoms with Crippen LogP contribution in [0.25, 0.3) is 5.69 Å². The highest BCUT2D eigenvalue weighted by molar-refractivity contribution is 6.01. The van der Waals surface area contributed by atoms with Gasteiger partial charge in [-0.25, -0.2) is 4.68 Å². The minimum absolute atomic E-state index is 0.111. The molecule has 1 aliphatic carbocycles. The molecule has 2 N–H and O–H groups in total. The topological polar surface area (TPSA) is 66.9 Å². The number of nitrogens with zero attached hydrogens (tertiary/aromatic N) is 1. The van der Waals surface area contributed by atoms with Crippen LogP contribution < -0.4 is 10.9 Å². The largest absolute Gasteiger partial charge is 0.343 e. The standard InChI is InChI=1S/C25H25N3O2/c1-15-9-11-16(12-10-15)20-21-18(13-25(2,3)14-19(21)29)26-23-22(20)24(30)28(27-23)17-7-5-4-6-8-17/h4-12,20,26-27H,13-14H2,1-3H3. The molecule has 30 heavy (non-hydrogen) atoms. The lowest BCUT2D eigenvalue weighted by Gasteiger charge is -2.37. The van der Waals surface area contributed by atoms with E-state index in [1.165, 1.54) is 0 Å². The molecule has 0 fully saturated rings. The fourth-order valence-electron chi connectivity index (χ4n) is 4.74. The van der Waals surface area contributed by atoms with Crippen LogP contribution in [-0.2, 0) is 4.79 Å². The van der Waals surface area contributed by atoms with Crippen molar-refractivity contribution in [1.29, 1.82) is 0 Å². The number of anilines is 1. The van der Waals surface area contributed by atoms with E-state index in [-0.39, 0.29) is 22.7 Å². The van der Waals surface area contributed by atoms with Crippen molar-refractivity contribution in [2.75, 3.05) is 5.32 Å². The van der Waals surface area contributed by atoms with Crippen LogP contribution in [0, 0.1) is 12.3 Å². The number of aromatic amines is 1. The lowest BCUT2D eigenvalue weighted by molar-refractivity contribution is -0.118. The van der Waals surface area contributed by atoms with Gasteiger partial charge in [-0.05, 0) is 36.5 Å². The third kappa shape index (κ3) is 2.93. The molecule has 3 aromatic rings. The molecule has 5 heteroatoms. The maximum absolute atomic E-state index is 13.5. The van der Waals surface area contributed by atoms with E-state index in [1.807, 2.05) is 61.5 Å². The number of benzene rings is 2. The second kappa shape index (κ2) is 6.59. The SMILES string of the molecule is Cc1ccc(C2C3=C(CC(C)(C)CC3=O)Nc3[nH]n(-c4ccccc4)c(=O)c32)cc1. The molecule has 0 saturated heterocycles. The van der Waals surface area contributed by atoms with Crippen LogP contribution in [-0.4, -0.2) is 15.6 Å². The number of aromatic nitrogens is 2. The number of hydrogen-bond acceptors (Lipinski definition) is 3. The van der Waals surface area contributed by atoms with Crippen LogP contribution >= 0.6 is 0 Å². The molecular weight excluding hydrogens is 374 g/mol. The fraction of sp³-hybridized carbons (Fsp3) is 0.280. The summed E-state index contributed by atoms with van der Waals surface area (Å²) in [4.78, 5) is 26.8. The molecule has 0 bridgehead atoms. The highest BCUT2D eigenvalue weighted by Crippen LogP contribution is 2.47. The smallest absolute Gasteiger partial charge is 0.277 e. The Hall–Kier alpha value is -3.34. The van der Waals surface area contributed by atoms with Crippen molar-refractivity contribution < 1.29 is 4.79 Å². The molecule has 0 radical (unpaired) electrons. The van der Waals surface area contributed by atoms with E-state index in [2.05, 4.69) is 24.3 Å². The van der Waals surface area contributed by atoms with Crippen molar-refractivity contribution in [2.45, 2.75) is 39.5 Å². The Bertz CT molecular complexity index is 1230. The van der Waals surface area contributed by atoms with Crippen LogP contribution in [0.5, 0.6) is 0 Å². The molecule has 1 aromatic heterocycles. The Morgan fingerprint density at radius 2 is 1.67 bits per heavy atom. The zero-order chi connectivity index (χ0) is 21.0. The van der Waals surface area contributed by atoms with E-state index in [9.17, 15) is 9.59 Å². The van der Waals surface area contributed by atoms with Crippen LogP contribution in [0.15, 0.2) is 70.7 Å². The summed E-state index contributed by atoms with van der Waals surface area (Å²) in [5.74, 6) is 0.435. The van der Waals surface area contributed by atoms with Crippen LogP contribution in [0.2, 0.25) is 0 Å². The maximum atomic E-state index is 13.5. The minimum atomic E-state index is -0.367. The summed E-state index contributed by atoms with van der Waals surface area (Å²) in [5.41, 5.74) is 4.92. The summed E-state index contributed by atoms with van der Waals surface area (Å²) in [6.45, 7) is 6.27. The van der Waals surface area contributed by atoms with E-state index < -0.39 is 0 Å². The third-order valence-electron chi connectivity index (χ3n) is 6.12. The van der Waals surface area contributed by atoms with Gasteiger partial charge in [0.15, 0.2) is 5.78 Å². The van der Waals surface area contributed by atoms with Gasteiger partial charge in [-0.1, -0.05) is 61.9 Å². The molecule has 1 atom stereocenters. The van der Waals surface area contributed by atoms with Crippen molar-refractivity contribution in [2.24, 2.45) is 5.41 Å². The lowest BCUT2D eigenvalue weighted by Crippen LogP contribution is -2.35. The second-order valence-electron chi connectivity index (χ2n) is 9.18. The molecule has 0 amide bonds. The Kier molecular flexibility index (Phi) is 4.10. The summed E-state index contributed by atoms with van der Waals surface area (Å²) in [6.07, 6.45) is 1.26. The van der Waals surface area contributed by atoms with Crippen LogP contribution in [0.3, 0.4) is 0 Å². The Labute approximate surface area is 175 Å². The zero-order valence-electron chi connectivity index (χ0n) is 17.5. The van der Waals surface area contributed by atoms with Crippen LogP contribution in [0.4, 0.5) is 5.82 Å². The van der Waals surface area contributed by atoms with Crippen molar-refractivity contribution in [3.63, 3.8) is 0 Å². The summed E-state index contributed by atoms with van der Waals surface area (Å²) in [6, 6.07) is 17.7. The maximum Gasteiger partial charge on any atom is 0.277 e. The van der Waals surface area contributed by atoms with E-state index >= 15 is 0 Å². The molecule has 0 spiro atoms. The zero-order valence-corrected chi connectivity index (χ0v) is 17.5. The van der Waals surface area contributed by atoms with E-state index in [4.69, 9.17) is 0 Å². The third-order valence-corrected chi connectivity index (χ3v) is 6.12. The number of rotatable bonds is 2. The number of allylic oxidation sites excluding steroid dienone is 2. The van der Waals surface area contributed by atoms with E-state index in [0.717, 1.165) is 34.5 Å². The predicted octanol–water partition coefficient (Wildman–Crippen LogP) is 4.67. The summed E-state index contributed by atoms with van der Waals surface area (Å²) in [7, 11) is 0. The molecule has 2 aromatic carbocycles. The number of H-pyrrole nitrogens is 1. The van der Waals surface area contributed by atoms with Gasteiger partial charge in [0.05, 0.1) is 11.3 Å². The summed E-state index contributed by atoms with van der Waals surface area (Å²) in [5, 5.41) is 6.66. The van der Waals surface area contributed by atoms with Crippen LogP contribution in [0.1, 0.15) is 49.3 Å². The molecule has 1 unspecified atom stereocenters. The molecule has 152 valence electrons. The Morgan fingerprint density at radius 3 is 2.37 bits per heavy atom. The van der Waals surface area contributed by atoms with Crippen molar-refractivity contribution >= 4 is 11.6 Å². The Morgan fingerprint density at radius 1 is 0.967 bits per heavy atom. The first kappa shape index (κ1) is 18.7. The van der Waals surface area contributed by atoms with E-state index in [0.29, 0.717) is 17.8 Å². The average molecular weight is 399 g/mol. The number of para-hydroxylation sites is 1. The van der Waals surface area contributed by atoms with Gasteiger partial charge in [0.1, 0.15) is 5.82 Å². The van der Waals surface area contributed by atoms with Crippen molar-refractivity contribution in [3.8, 4) is 5.69 Å². The number of Topliss-reactive ketones (excluding diaryl/α,β-unsaturated/α-hetero) is 1. The number of nitrogens with one attached hydrogen (secondary N) is 2. The van der Waals surface area contributed by atoms with Crippen molar-refractivity contribution in [1.82, 2.24) is 9.78 Å². The molecule has 2 aliphatic rings. The first-order valence-electron chi connectivity index (χ1n) is 10.3. The number of hydrogen-bond donors (Lipinski definition) is 2. The van der Waals surface area contributed by atoms with Gasteiger partial charge in [-0.3, -0.25) is 14.7 Å². The number of aryl methyl sites for hydroxylation is 1. The normalized spacial score (nSPS) is 19.8. The van der Waals surface area contributed by atoms with Gasteiger partial charge in [0.2, 0.25) is 0 Å². The fourth-order valence-corrected chi connectivity index (χ4v) is 4.74. The lowest BCUT2D eigenvalue weighted by atomic mass is 9.69. The molecule has 0 saturated carbocycles. The van der Waals surface area contributed by atoms with Gasteiger partial charge in [0, 0.05) is 23.6 Å². The van der Waals surface area contributed by atoms with Gasteiger partial charge in [0.25, 0.3) is 5.56 Å². The molecule has 2 heterocycles. The number of carbonyl (C=O) groups is 1. The highest BCUT2D eigenvalue weighted by atomic mass is 16.1. The minimum Gasteiger partial charge on any atom is -0.343 e. The highest BCUT2D eigenvalue weighted by Gasteiger charge is 2.42. The average Bonchev–Trinajstić information content (AvgIpc) is 3.03.